The van der Waals surface area contributed by atoms with Crippen LogP contribution in [-0.4, -0.2) is 45.1 Å². The van der Waals surface area contributed by atoms with Gasteiger partial charge in [0, 0.05) is 25.2 Å². The molecule has 2 fully saturated rings. The molecule has 0 spiro atoms. The fraction of sp³-hybridized carbons (Fsp3) is 0.556. The molecule has 1 atom stereocenters. The number of benzene rings is 1. The van der Waals surface area contributed by atoms with Gasteiger partial charge in [0.15, 0.2) is 9.84 Å². The standard InChI is InChI=1S/C18H25N3O3S/c22-18(12-16-8-11-25(23,24)14-16)20-19-13-15-4-6-17(7-5-15)21-9-2-1-3-10-21/h4-7,13,16H,1-3,8-12,14H2,(H,20,22)/b19-13-/t16-/m0/s1. The summed E-state index contributed by atoms with van der Waals surface area (Å²) in [7, 11) is -2.94. The van der Waals surface area contributed by atoms with Crippen LogP contribution >= 0.6 is 0 Å². The SMILES string of the molecule is O=C(C[C@@H]1CCS(=O)(=O)C1)N/N=C\c1ccc(N2CCCCC2)cc1. The van der Waals surface area contributed by atoms with E-state index in [0.29, 0.717) is 6.42 Å². The van der Waals surface area contributed by atoms with E-state index in [1.807, 2.05) is 12.1 Å². The molecule has 25 heavy (non-hydrogen) atoms. The van der Waals surface area contributed by atoms with Crippen molar-refractivity contribution in [2.75, 3.05) is 29.5 Å². The predicted molar refractivity (Wildman–Crippen MR) is 99.6 cm³/mol. The number of hydrazone groups is 1. The van der Waals surface area contributed by atoms with Gasteiger partial charge in [-0.1, -0.05) is 12.1 Å². The van der Waals surface area contributed by atoms with Gasteiger partial charge in [-0.15, -0.1) is 0 Å². The van der Waals surface area contributed by atoms with Crippen LogP contribution < -0.4 is 10.3 Å². The summed E-state index contributed by atoms with van der Waals surface area (Å²) in [6.45, 7) is 2.22. The molecule has 6 nitrogen and oxygen atoms in total. The number of anilines is 1. The third-order valence-electron chi connectivity index (χ3n) is 4.82. The monoisotopic (exact) mass is 363 g/mol. The maximum atomic E-state index is 11.8. The van der Waals surface area contributed by atoms with Crippen molar-refractivity contribution in [3.05, 3.63) is 29.8 Å². The number of carbonyl (C=O) groups is 1. The molecule has 1 aromatic rings. The lowest BCUT2D eigenvalue weighted by molar-refractivity contribution is -0.121. The van der Waals surface area contributed by atoms with Crippen LogP contribution in [0.1, 0.15) is 37.7 Å². The molecular formula is C18H25N3O3S. The molecule has 3 rings (SSSR count). The molecule has 1 N–H and O–H groups in total. The number of hydrogen-bond acceptors (Lipinski definition) is 5. The van der Waals surface area contributed by atoms with Crippen LogP contribution in [0.2, 0.25) is 0 Å². The molecule has 2 aliphatic heterocycles. The number of piperidine rings is 1. The van der Waals surface area contributed by atoms with Crippen LogP contribution in [0.15, 0.2) is 29.4 Å². The molecule has 136 valence electrons. The first-order valence-corrected chi connectivity index (χ1v) is 10.7. The highest BCUT2D eigenvalue weighted by Gasteiger charge is 2.29. The fourth-order valence-corrected chi connectivity index (χ4v) is 5.30. The van der Waals surface area contributed by atoms with Crippen molar-refractivity contribution < 1.29 is 13.2 Å². The minimum Gasteiger partial charge on any atom is -0.372 e. The topological polar surface area (TPSA) is 78.8 Å². The summed E-state index contributed by atoms with van der Waals surface area (Å²) in [5.74, 6) is -0.00744. The van der Waals surface area contributed by atoms with Crippen molar-refractivity contribution in [1.82, 2.24) is 5.43 Å². The van der Waals surface area contributed by atoms with Crippen LogP contribution in [0.5, 0.6) is 0 Å². The molecule has 2 saturated heterocycles. The summed E-state index contributed by atoms with van der Waals surface area (Å²) in [5.41, 5.74) is 4.63. The summed E-state index contributed by atoms with van der Waals surface area (Å²) in [6, 6.07) is 8.14. The van der Waals surface area contributed by atoms with Gasteiger partial charge in [-0.2, -0.15) is 5.10 Å². The first-order chi connectivity index (χ1) is 12.0. The van der Waals surface area contributed by atoms with Gasteiger partial charge in [0.25, 0.3) is 0 Å². The highest BCUT2D eigenvalue weighted by Crippen LogP contribution is 2.21. The van der Waals surface area contributed by atoms with Crippen LogP contribution in [-0.2, 0) is 14.6 Å². The van der Waals surface area contributed by atoms with E-state index < -0.39 is 9.84 Å². The van der Waals surface area contributed by atoms with Gasteiger partial charge in [-0.25, -0.2) is 13.8 Å². The molecule has 0 aromatic heterocycles. The van der Waals surface area contributed by atoms with Crippen LogP contribution in [0.25, 0.3) is 0 Å². The maximum absolute atomic E-state index is 11.8. The number of rotatable bonds is 5. The molecule has 0 unspecified atom stereocenters. The third-order valence-corrected chi connectivity index (χ3v) is 6.65. The van der Waals surface area contributed by atoms with E-state index in [2.05, 4.69) is 27.6 Å². The van der Waals surface area contributed by atoms with E-state index in [1.165, 1.54) is 24.9 Å². The Hall–Kier alpha value is -1.89. The molecule has 0 saturated carbocycles. The first kappa shape index (κ1) is 17.9. The zero-order valence-electron chi connectivity index (χ0n) is 14.4. The van der Waals surface area contributed by atoms with Crippen LogP contribution in [0.4, 0.5) is 5.69 Å². The van der Waals surface area contributed by atoms with Gasteiger partial charge in [0.1, 0.15) is 0 Å². The lowest BCUT2D eigenvalue weighted by Crippen LogP contribution is -2.29. The van der Waals surface area contributed by atoms with E-state index in [-0.39, 0.29) is 29.8 Å². The van der Waals surface area contributed by atoms with Crippen molar-refractivity contribution in [3.8, 4) is 0 Å². The highest BCUT2D eigenvalue weighted by atomic mass is 32.2. The minimum atomic E-state index is -2.94. The Morgan fingerprint density at radius 2 is 1.92 bits per heavy atom. The molecule has 2 aliphatic rings. The number of carbonyl (C=O) groups excluding carboxylic acids is 1. The summed E-state index contributed by atoms with van der Waals surface area (Å²) < 4.78 is 22.8. The number of amides is 1. The number of nitrogens with zero attached hydrogens (tertiary/aromatic N) is 2. The van der Waals surface area contributed by atoms with E-state index in [9.17, 15) is 13.2 Å². The minimum absolute atomic E-state index is 0.0796. The Kier molecular flexibility index (Phi) is 5.73. The molecule has 1 amide bonds. The van der Waals surface area contributed by atoms with Crippen molar-refractivity contribution in [3.63, 3.8) is 0 Å². The second kappa shape index (κ2) is 7.99. The Morgan fingerprint density at radius 3 is 2.56 bits per heavy atom. The van der Waals surface area contributed by atoms with Gasteiger partial charge in [-0.05, 0) is 49.3 Å². The third kappa shape index (κ3) is 5.29. The molecule has 7 heteroatoms. The Balaban J connectivity index is 1.46. The lowest BCUT2D eigenvalue weighted by atomic mass is 10.1. The largest absolute Gasteiger partial charge is 0.372 e. The first-order valence-electron chi connectivity index (χ1n) is 8.89. The number of nitrogens with one attached hydrogen (secondary N) is 1. The maximum Gasteiger partial charge on any atom is 0.240 e. The Labute approximate surface area is 149 Å². The molecule has 1 aromatic carbocycles. The predicted octanol–water partition coefficient (Wildman–Crippen LogP) is 1.95. The second-order valence-electron chi connectivity index (χ2n) is 6.91. The molecule has 2 heterocycles. The Morgan fingerprint density at radius 1 is 1.20 bits per heavy atom. The highest BCUT2D eigenvalue weighted by molar-refractivity contribution is 7.91. The van der Waals surface area contributed by atoms with Gasteiger partial charge < -0.3 is 4.90 Å². The quantitative estimate of drug-likeness (QED) is 0.641. The molecule has 0 aliphatic carbocycles. The van der Waals surface area contributed by atoms with Gasteiger partial charge >= 0.3 is 0 Å². The summed E-state index contributed by atoms with van der Waals surface area (Å²) in [5, 5.41) is 3.97. The fourth-order valence-electron chi connectivity index (χ4n) is 3.44. The van der Waals surface area contributed by atoms with E-state index in [1.54, 1.807) is 6.21 Å². The van der Waals surface area contributed by atoms with Crippen molar-refractivity contribution in [2.45, 2.75) is 32.1 Å². The molecule has 0 radical (unpaired) electrons. The smallest absolute Gasteiger partial charge is 0.240 e. The summed E-state index contributed by atoms with van der Waals surface area (Å²) >= 11 is 0. The summed E-state index contributed by atoms with van der Waals surface area (Å²) in [6.07, 6.45) is 6.20. The average Bonchev–Trinajstić information content (AvgIpc) is 2.95. The van der Waals surface area contributed by atoms with E-state index in [4.69, 9.17) is 0 Å². The van der Waals surface area contributed by atoms with E-state index in [0.717, 1.165) is 18.7 Å². The summed E-state index contributed by atoms with van der Waals surface area (Å²) in [4.78, 5) is 14.2. The Bertz CT molecular complexity index is 722. The van der Waals surface area contributed by atoms with Crippen LogP contribution in [0.3, 0.4) is 0 Å². The van der Waals surface area contributed by atoms with Crippen molar-refractivity contribution in [1.29, 1.82) is 0 Å². The number of sulfone groups is 1. The van der Waals surface area contributed by atoms with E-state index >= 15 is 0 Å². The van der Waals surface area contributed by atoms with Crippen LogP contribution in [0, 0.1) is 5.92 Å². The average molecular weight is 363 g/mol. The zero-order chi connectivity index (χ0) is 17.7. The van der Waals surface area contributed by atoms with Gasteiger partial charge in [0.05, 0.1) is 17.7 Å². The van der Waals surface area contributed by atoms with Gasteiger partial charge in [-0.3, -0.25) is 4.79 Å². The van der Waals surface area contributed by atoms with Gasteiger partial charge in [0.2, 0.25) is 5.91 Å². The second-order valence-corrected chi connectivity index (χ2v) is 9.13. The number of hydrogen-bond donors (Lipinski definition) is 1. The zero-order valence-corrected chi connectivity index (χ0v) is 15.2. The van der Waals surface area contributed by atoms with Crippen molar-refractivity contribution >= 4 is 27.6 Å². The normalized spacial score (nSPS) is 23.0. The van der Waals surface area contributed by atoms with Crippen molar-refractivity contribution in [2.24, 2.45) is 11.0 Å². The lowest BCUT2D eigenvalue weighted by Gasteiger charge is -2.28. The molecular weight excluding hydrogens is 338 g/mol. The molecule has 0 bridgehead atoms.